The average molecular weight is 184 g/mol. The van der Waals surface area contributed by atoms with E-state index in [4.69, 9.17) is 4.74 Å². The first-order chi connectivity index (χ1) is 6.00. The smallest absolute Gasteiger partial charge is 0.306 e. The molecule has 0 spiro atoms. The molecule has 0 aromatic heterocycles. The number of rotatable bonds is 3. The molecule has 1 rings (SSSR count). The molecule has 1 fully saturated rings. The fourth-order valence-electron chi connectivity index (χ4n) is 1.40. The third-order valence-corrected chi connectivity index (χ3v) is 2.45. The quantitative estimate of drug-likeness (QED) is 0.625. The van der Waals surface area contributed by atoms with Crippen LogP contribution in [0.4, 0.5) is 0 Å². The van der Waals surface area contributed by atoms with Gasteiger partial charge in [-0.2, -0.15) is 0 Å². The largest absolute Gasteiger partial charge is 0.462 e. The van der Waals surface area contributed by atoms with Crippen LogP contribution in [0.3, 0.4) is 0 Å². The van der Waals surface area contributed by atoms with E-state index in [1.165, 1.54) is 0 Å². The third kappa shape index (κ3) is 2.54. The maximum absolute atomic E-state index is 11.4. The van der Waals surface area contributed by atoms with Gasteiger partial charge in [0, 0.05) is 18.3 Å². The summed E-state index contributed by atoms with van der Waals surface area (Å²) in [6.45, 7) is 5.68. The van der Waals surface area contributed by atoms with Crippen LogP contribution < -0.4 is 0 Å². The summed E-state index contributed by atoms with van der Waals surface area (Å²) in [4.78, 5) is 22.2. The van der Waals surface area contributed by atoms with E-state index in [1.807, 2.05) is 20.8 Å². The van der Waals surface area contributed by atoms with Crippen molar-refractivity contribution < 1.29 is 14.3 Å². The van der Waals surface area contributed by atoms with E-state index < -0.39 is 0 Å². The van der Waals surface area contributed by atoms with Gasteiger partial charge in [0.05, 0.1) is 6.42 Å². The molecule has 1 saturated heterocycles. The Labute approximate surface area is 78.5 Å². The lowest BCUT2D eigenvalue weighted by Crippen LogP contribution is -2.21. The molecular weight excluding hydrogens is 168 g/mol. The van der Waals surface area contributed by atoms with Gasteiger partial charge in [0.25, 0.3) is 0 Å². The van der Waals surface area contributed by atoms with E-state index >= 15 is 0 Å². The van der Waals surface area contributed by atoms with E-state index in [1.54, 1.807) is 0 Å². The third-order valence-electron chi connectivity index (χ3n) is 2.45. The maximum atomic E-state index is 11.4. The van der Waals surface area contributed by atoms with Crippen molar-refractivity contribution in [3.05, 3.63) is 0 Å². The summed E-state index contributed by atoms with van der Waals surface area (Å²) < 4.78 is 5.03. The van der Waals surface area contributed by atoms with Crippen LogP contribution in [0.5, 0.6) is 0 Å². The number of carbonyl (C=O) groups excluding carboxylic acids is 2. The van der Waals surface area contributed by atoms with Gasteiger partial charge in [0.2, 0.25) is 0 Å². The van der Waals surface area contributed by atoms with Crippen molar-refractivity contribution in [3.8, 4) is 0 Å². The molecule has 1 aliphatic rings. The molecule has 0 amide bonds. The van der Waals surface area contributed by atoms with E-state index in [0.29, 0.717) is 12.8 Å². The normalized spacial score (nSPS) is 27.8. The highest BCUT2D eigenvalue weighted by atomic mass is 16.5. The van der Waals surface area contributed by atoms with Crippen LogP contribution in [0, 0.1) is 11.8 Å². The second kappa shape index (κ2) is 3.90. The van der Waals surface area contributed by atoms with Gasteiger partial charge in [0.1, 0.15) is 11.9 Å². The van der Waals surface area contributed by atoms with Crippen LogP contribution in [0.15, 0.2) is 0 Å². The molecule has 0 unspecified atom stereocenters. The zero-order valence-electron chi connectivity index (χ0n) is 8.37. The van der Waals surface area contributed by atoms with Crippen molar-refractivity contribution in [2.24, 2.45) is 11.8 Å². The van der Waals surface area contributed by atoms with Gasteiger partial charge in [-0.15, -0.1) is 0 Å². The minimum Gasteiger partial charge on any atom is -0.462 e. The Morgan fingerprint density at radius 3 is 2.62 bits per heavy atom. The van der Waals surface area contributed by atoms with Crippen LogP contribution in [-0.4, -0.2) is 17.9 Å². The molecule has 13 heavy (non-hydrogen) atoms. The molecule has 74 valence electrons. The lowest BCUT2D eigenvalue weighted by molar-refractivity contribution is -0.142. The summed E-state index contributed by atoms with van der Waals surface area (Å²) in [5.74, 6) is 0.224. The summed E-state index contributed by atoms with van der Waals surface area (Å²) >= 11 is 0. The summed E-state index contributed by atoms with van der Waals surface area (Å²) in [7, 11) is 0. The van der Waals surface area contributed by atoms with Crippen molar-refractivity contribution in [2.45, 2.75) is 39.7 Å². The molecule has 1 aliphatic heterocycles. The Morgan fingerprint density at radius 1 is 1.62 bits per heavy atom. The number of carbonyl (C=O) groups is 2. The molecule has 0 N–H and O–H groups in total. The van der Waals surface area contributed by atoms with Gasteiger partial charge in [-0.1, -0.05) is 20.8 Å². The Kier molecular flexibility index (Phi) is 3.07. The predicted octanol–water partition coefficient (Wildman–Crippen LogP) is 1.55. The Bertz CT molecular complexity index is 220. The first kappa shape index (κ1) is 10.2. The van der Waals surface area contributed by atoms with Gasteiger partial charge >= 0.3 is 5.97 Å². The number of ketones is 1. The monoisotopic (exact) mass is 184 g/mol. The van der Waals surface area contributed by atoms with Crippen LogP contribution in [-0.2, 0) is 14.3 Å². The fraction of sp³-hybridized carbons (Fsp3) is 0.800. The summed E-state index contributed by atoms with van der Waals surface area (Å²) in [6.07, 6.45) is 0.656. The molecule has 2 atom stereocenters. The first-order valence-corrected chi connectivity index (χ1v) is 4.73. The van der Waals surface area contributed by atoms with E-state index in [9.17, 15) is 9.59 Å². The summed E-state index contributed by atoms with van der Waals surface area (Å²) in [6, 6.07) is 0. The summed E-state index contributed by atoms with van der Waals surface area (Å²) in [5, 5.41) is 0. The average Bonchev–Trinajstić information content (AvgIpc) is 2.30. The van der Waals surface area contributed by atoms with Crippen LogP contribution in [0.1, 0.15) is 33.6 Å². The molecule has 0 saturated carbocycles. The lowest BCUT2D eigenvalue weighted by Gasteiger charge is -2.13. The summed E-state index contributed by atoms with van der Waals surface area (Å²) in [5.41, 5.74) is 0. The van der Waals surface area contributed by atoms with Gasteiger partial charge in [-0.05, 0) is 0 Å². The number of esters is 1. The highest BCUT2D eigenvalue weighted by Crippen LogP contribution is 2.24. The van der Waals surface area contributed by atoms with E-state index in [0.717, 1.165) is 0 Å². The van der Waals surface area contributed by atoms with Crippen molar-refractivity contribution in [1.29, 1.82) is 0 Å². The number of ether oxygens (including phenoxy) is 1. The molecule has 0 aromatic rings. The second-order valence-electron chi connectivity index (χ2n) is 4.03. The van der Waals surface area contributed by atoms with E-state index in [-0.39, 0.29) is 29.7 Å². The van der Waals surface area contributed by atoms with Gasteiger partial charge in [0.15, 0.2) is 0 Å². The predicted molar refractivity (Wildman–Crippen MR) is 48.1 cm³/mol. The van der Waals surface area contributed by atoms with Gasteiger partial charge < -0.3 is 4.74 Å². The number of cyclic esters (lactones) is 1. The Hall–Kier alpha value is -0.860. The lowest BCUT2D eigenvalue weighted by atomic mass is 9.95. The minimum atomic E-state index is -0.178. The zero-order valence-corrected chi connectivity index (χ0v) is 8.37. The van der Waals surface area contributed by atoms with Crippen molar-refractivity contribution in [2.75, 3.05) is 0 Å². The SMILES string of the molecule is CC(C)C(=O)C[C@H]1OC(=O)C[C@@H]1C. The van der Waals surface area contributed by atoms with Crippen molar-refractivity contribution >= 4 is 11.8 Å². The van der Waals surface area contributed by atoms with E-state index in [2.05, 4.69) is 0 Å². The fourth-order valence-corrected chi connectivity index (χ4v) is 1.40. The minimum absolute atomic E-state index is 0.0338. The maximum Gasteiger partial charge on any atom is 0.306 e. The number of hydrogen-bond donors (Lipinski definition) is 0. The van der Waals surface area contributed by atoms with Gasteiger partial charge in [-0.25, -0.2) is 0 Å². The van der Waals surface area contributed by atoms with Gasteiger partial charge in [-0.3, -0.25) is 9.59 Å². The second-order valence-corrected chi connectivity index (χ2v) is 4.03. The number of Topliss-reactive ketones (excluding diaryl/α,β-unsaturated/α-hetero) is 1. The Balaban J connectivity index is 2.46. The highest BCUT2D eigenvalue weighted by Gasteiger charge is 2.33. The molecule has 0 radical (unpaired) electrons. The molecule has 3 heteroatoms. The van der Waals surface area contributed by atoms with Crippen LogP contribution in [0.2, 0.25) is 0 Å². The van der Waals surface area contributed by atoms with Crippen molar-refractivity contribution in [1.82, 2.24) is 0 Å². The molecular formula is C10H16O3. The number of hydrogen-bond acceptors (Lipinski definition) is 3. The zero-order chi connectivity index (χ0) is 10.0. The Morgan fingerprint density at radius 2 is 2.23 bits per heavy atom. The molecule has 0 aromatic carbocycles. The highest BCUT2D eigenvalue weighted by molar-refractivity contribution is 5.82. The molecule has 0 bridgehead atoms. The van der Waals surface area contributed by atoms with Crippen LogP contribution >= 0.6 is 0 Å². The van der Waals surface area contributed by atoms with Crippen LogP contribution in [0.25, 0.3) is 0 Å². The topological polar surface area (TPSA) is 43.4 Å². The standard InChI is InChI=1S/C10H16O3/c1-6(2)8(11)5-9-7(3)4-10(12)13-9/h6-7,9H,4-5H2,1-3H3/t7-,9+/m0/s1. The molecule has 3 nitrogen and oxygen atoms in total. The van der Waals surface area contributed by atoms with Crippen molar-refractivity contribution in [3.63, 3.8) is 0 Å². The molecule has 1 heterocycles. The molecule has 0 aliphatic carbocycles. The first-order valence-electron chi connectivity index (χ1n) is 4.73.